The van der Waals surface area contributed by atoms with Gasteiger partial charge in [-0.3, -0.25) is 28.3 Å². The first-order valence-corrected chi connectivity index (χ1v) is 17.8. The number of benzene rings is 1. The number of thioether (sulfide) groups is 4. The number of hydrogen-bond donors (Lipinski definition) is 2. The van der Waals surface area contributed by atoms with Gasteiger partial charge in [-0.05, 0) is 48.0 Å². The molecule has 12 heteroatoms. The predicted octanol–water partition coefficient (Wildman–Crippen LogP) is 3.49. The van der Waals surface area contributed by atoms with Crippen molar-refractivity contribution in [1.82, 2.24) is 9.13 Å². The summed E-state index contributed by atoms with van der Waals surface area (Å²) in [5, 5.41) is 0.914. The normalized spacial score (nSPS) is 11.8. The maximum Gasteiger partial charge on any atom is 0.261 e. The Bertz CT molecular complexity index is 1150. The van der Waals surface area contributed by atoms with Crippen molar-refractivity contribution >= 4 is 93.9 Å². The number of aromatic nitrogens is 2. The molecule has 0 saturated heterocycles. The molecule has 0 N–H and O–H groups in total. The van der Waals surface area contributed by atoms with Gasteiger partial charge in [0.1, 0.15) is 0 Å². The monoisotopic (exact) mass is 604 g/mol. The highest BCUT2D eigenvalue weighted by Gasteiger charge is 2.19. The first kappa shape index (κ1) is 30.1. The average Bonchev–Trinajstić information content (AvgIpc) is 3.25. The van der Waals surface area contributed by atoms with Gasteiger partial charge in [0, 0.05) is 47.6 Å². The molecular weight excluding hydrogens is 573 g/mol. The molecule has 0 fully saturated rings. The van der Waals surface area contributed by atoms with E-state index in [9.17, 15) is 19.2 Å². The van der Waals surface area contributed by atoms with Crippen LogP contribution in [0, 0.1) is 0 Å². The van der Waals surface area contributed by atoms with Crippen LogP contribution in [0.1, 0.15) is 12.8 Å². The van der Waals surface area contributed by atoms with E-state index >= 15 is 0 Å². The zero-order chi connectivity index (χ0) is 25.9. The van der Waals surface area contributed by atoms with E-state index in [0.717, 1.165) is 57.5 Å². The van der Waals surface area contributed by atoms with Crippen molar-refractivity contribution in [3.8, 4) is 0 Å². The van der Waals surface area contributed by atoms with Crippen LogP contribution in [0.3, 0.4) is 0 Å². The molecule has 0 atom stereocenters. The van der Waals surface area contributed by atoms with E-state index in [4.69, 9.17) is 0 Å². The first-order chi connectivity index (χ1) is 17.5. The molecule has 0 aliphatic heterocycles. The fraction of sp³-hybridized carbons (Fsp3) is 0.583. The summed E-state index contributed by atoms with van der Waals surface area (Å²) in [7, 11) is 0. The second-order valence-electron chi connectivity index (χ2n) is 8.07. The predicted molar refractivity (Wildman–Crippen MR) is 171 cm³/mol. The molecule has 0 aliphatic carbocycles. The van der Waals surface area contributed by atoms with Gasteiger partial charge >= 0.3 is 0 Å². The second-order valence-corrected chi connectivity index (χ2v) is 13.9. The van der Waals surface area contributed by atoms with Gasteiger partial charge in [-0.1, -0.05) is 0 Å². The quantitative estimate of drug-likeness (QED) is 0.169. The Morgan fingerprint density at radius 2 is 0.806 bits per heavy atom. The summed E-state index contributed by atoms with van der Waals surface area (Å²) in [6, 6.07) is 2.90. The van der Waals surface area contributed by atoms with Crippen molar-refractivity contribution in [1.29, 1.82) is 0 Å². The Balaban J connectivity index is 1.64. The van der Waals surface area contributed by atoms with Crippen LogP contribution in [-0.2, 0) is 13.1 Å². The lowest BCUT2D eigenvalue weighted by Crippen LogP contribution is -2.26. The van der Waals surface area contributed by atoms with Crippen LogP contribution in [0.15, 0.2) is 31.3 Å². The Labute approximate surface area is 238 Å². The lowest BCUT2D eigenvalue weighted by atomic mass is 10.1. The highest BCUT2D eigenvalue weighted by molar-refractivity contribution is 8.03. The zero-order valence-electron chi connectivity index (χ0n) is 20.1. The van der Waals surface area contributed by atoms with Gasteiger partial charge in [0.2, 0.25) is 0 Å². The molecule has 0 aliphatic rings. The van der Waals surface area contributed by atoms with E-state index in [1.54, 1.807) is 0 Å². The Morgan fingerprint density at radius 1 is 0.500 bits per heavy atom. The SMILES string of the molecule is O=c1c2cc3c(=O)n(CCCSCCSCCS)c(=O)c3cc2c(=O)n1CCCSCCSCCS. The molecule has 2 aromatic heterocycles. The van der Waals surface area contributed by atoms with E-state index in [2.05, 4.69) is 25.3 Å². The van der Waals surface area contributed by atoms with Gasteiger partial charge in [0.05, 0.1) is 21.5 Å². The third-order valence-corrected chi connectivity index (χ3v) is 11.3. The number of rotatable bonds is 18. The largest absolute Gasteiger partial charge is 0.274 e. The molecule has 0 spiro atoms. The van der Waals surface area contributed by atoms with Crippen molar-refractivity contribution in [2.45, 2.75) is 25.9 Å². The van der Waals surface area contributed by atoms with Gasteiger partial charge in [-0.15, -0.1) is 0 Å². The van der Waals surface area contributed by atoms with E-state index in [1.165, 1.54) is 21.3 Å². The third kappa shape index (κ3) is 7.81. The molecule has 0 saturated carbocycles. The highest BCUT2D eigenvalue weighted by atomic mass is 32.2. The minimum absolute atomic E-state index is 0.229. The summed E-state index contributed by atoms with van der Waals surface area (Å²) in [6.07, 6.45) is 1.43. The van der Waals surface area contributed by atoms with Crippen LogP contribution < -0.4 is 22.2 Å². The van der Waals surface area contributed by atoms with Crippen molar-refractivity contribution in [3.63, 3.8) is 0 Å². The van der Waals surface area contributed by atoms with Crippen LogP contribution in [0.2, 0.25) is 0 Å². The van der Waals surface area contributed by atoms with Crippen LogP contribution in [0.4, 0.5) is 0 Å². The fourth-order valence-electron chi connectivity index (χ4n) is 3.90. The van der Waals surface area contributed by atoms with Gasteiger partial charge in [-0.2, -0.15) is 72.3 Å². The number of thiol groups is 2. The third-order valence-electron chi connectivity index (χ3n) is 5.62. The molecule has 2 heterocycles. The minimum Gasteiger partial charge on any atom is -0.274 e. The molecule has 3 aromatic rings. The van der Waals surface area contributed by atoms with Gasteiger partial charge < -0.3 is 0 Å². The standard InChI is InChI=1S/C24H32N2O4S6/c27-21-17-15-19-20(24(30)26(23(19)29)4-2-8-34-12-14-36-10-6-32)16-18(17)22(28)25(21)3-1-7-33-11-13-35-9-5-31/h15-16,31-32H,1-14H2. The molecule has 1 aromatic carbocycles. The van der Waals surface area contributed by atoms with Crippen LogP contribution in [0.25, 0.3) is 21.5 Å². The summed E-state index contributed by atoms with van der Waals surface area (Å²) in [4.78, 5) is 51.7. The van der Waals surface area contributed by atoms with E-state index < -0.39 is 0 Å². The lowest BCUT2D eigenvalue weighted by Gasteiger charge is -2.02. The van der Waals surface area contributed by atoms with Gasteiger partial charge in [0.25, 0.3) is 22.2 Å². The van der Waals surface area contributed by atoms with Crippen LogP contribution in [-0.4, -0.2) is 66.7 Å². The molecule has 0 unspecified atom stereocenters. The molecular formula is C24H32N2O4S6. The molecule has 0 radical (unpaired) electrons. The van der Waals surface area contributed by atoms with Crippen molar-refractivity contribution in [2.75, 3.05) is 57.5 Å². The molecule has 0 amide bonds. The zero-order valence-corrected chi connectivity index (χ0v) is 25.2. The number of hydrogen-bond acceptors (Lipinski definition) is 10. The Kier molecular flexibility index (Phi) is 13.3. The smallest absolute Gasteiger partial charge is 0.261 e. The number of fused-ring (bicyclic) bond motifs is 2. The average molecular weight is 605 g/mol. The maximum atomic E-state index is 12.9. The second kappa shape index (κ2) is 15.9. The highest BCUT2D eigenvalue weighted by Crippen LogP contribution is 2.16. The summed E-state index contributed by atoms with van der Waals surface area (Å²) >= 11 is 15.8. The Morgan fingerprint density at radius 3 is 1.11 bits per heavy atom. The van der Waals surface area contributed by atoms with Crippen molar-refractivity contribution < 1.29 is 0 Å². The van der Waals surface area contributed by atoms with Crippen molar-refractivity contribution in [3.05, 3.63) is 53.5 Å². The number of nitrogens with zero attached hydrogens (tertiary/aromatic N) is 2. The minimum atomic E-state index is -0.377. The van der Waals surface area contributed by atoms with Crippen molar-refractivity contribution in [2.24, 2.45) is 0 Å². The van der Waals surface area contributed by atoms with Gasteiger partial charge in [-0.25, -0.2) is 0 Å². The van der Waals surface area contributed by atoms with Crippen LogP contribution in [0.5, 0.6) is 0 Å². The first-order valence-electron chi connectivity index (χ1n) is 11.9. The molecule has 3 rings (SSSR count). The van der Waals surface area contributed by atoms with E-state index in [-0.39, 0.29) is 43.8 Å². The summed E-state index contributed by atoms with van der Waals surface area (Å²) in [5.41, 5.74) is -1.51. The molecule has 198 valence electrons. The van der Waals surface area contributed by atoms with E-state index in [1.807, 2.05) is 47.0 Å². The summed E-state index contributed by atoms with van der Waals surface area (Å²) in [5.74, 6) is 9.77. The van der Waals surface area contributed by atoms with Crippen LogP contribution >= 0.6 is 72.3 Å². The Hall–Kier alpha value is -0.400. The van der Waals surface area contributed by atoms with E-state index in [0.29, 0.717) is 25.9 Å². The fourth-order valence-corrected chi connectivity index (χ4v) is 8.30. The summed E-state index contributed by atoms with van der Waals surface area (Å²) < 4.78 is 2.49. The molecule has 6 nitrogen and oxygen atoms in total. The van der Waals surface area contributed by atoms with Gasteiger partial charge in [0.15, 0.2) is 0 Å². The molecule has 36 heavy (non-hydrogen) atoms. The maximum absolute atomic E-state index is 12.9. The topological polar surface area (TPSA) is 78.1 Å². The lowest BCUT2D eigenvalue weighted by molar-refractivity contribution is 0.653. The summed E-state index contributed by atoms with van der Waals surface area (Å²) in [6.45, 7) is 0.680. The molecule has 0 bridgehead atoms.